The zero-order valence-corrected chi connectivity index (χ0v) is 35.7. The smallest absolute Gasteiger partial charge is 0.312 e. The van der Waals surface area contributed by atoms with Gasteiger partial charge in [-0.2, -0.15) is 0 Å². The summed E-state index contributed by atoms with van der Waals surface area (Å²) in [5.74, 6) is -6.04. The summed E-state index contributed by atoms with van der Waals surface area (Å²) in [6.45, 7) is 11.7. The SMILES string of the molecule is CNCCOc1ccc2nc3c(oc2c1)c1c(O)c2c(=O)c(C)c4c(c23)C(=O)[C@@](C)(O/C=C/[C@H](OC)[C@@H](C)[C@@H](OC(C)=O)[C@H](C)[C@H](O)C[C@@H](O)[C@@H](C)/C=C/C=C(/C)C(=O)N1)O4. The van der Waals surface area contributed by atoms with Gasteiger partial charge in [-0.25, -0.2) is 4.98 Å². The number of allylic oxidation sites excluding steroid dienone is 2. The molecule has 8 atom stereocenters. The van der Waals surface area contributed by atoms with Crippen LogP contribution in [-0.4, -0.2) is 95.5 Å². The van der Waals surface area contributed by atoms with Gasteiger partial charge >= 0.3 is 11.8 Å². The zero-order chi connectivity index (χ0) is 44.5. The van der Waals surface area contributed by atoms with E-state index < -0.39 is 76.8 Å². The van der Waals surface area contributed by atoms with Gasteiger partial charge in [0.2, 0.25) is 0 Å². The van der Waals surface area contributed by atoms with Crippen LogP contribution in [0.3, 0.4) is 0 Å². The maximum Gasteiger partial charge on any atom is 0.312 e. The van der Waals surface area contributed by atoms with E-state index in [1.165, 1.54) is 53.2 Å². The van der Waals surface area contributed by atoms with Crippen LogP contribution < -0.4 is 25.5 Å². The number of methoxy groups -OCH3 is 1. The maximum atomic E-state index is 14.6. The number of amides is 1. The minimum Gasteiger partial charge on any atom is -0.505 e. The molecule has 4 aromatic rings. The molecule has 6 rings (SSSR count). The first-order valence-electron chi connectivity index (χ1n) is 20.1. The second kappa shape index (κ2) is 18.0. The Hall–Kier alpha value is -5.81. The summed E-state index contributed by atoms with van der Waals surface area (Å²) >= 11 is 0. The number of aliphatic hydroxyl groups excluding tert-OH is 2. The van der Waals surface area contributed by atoms with E-state index >= 15 is 0 Å². The number of ketones is 1. The lowest BCUT2D eigenvalue weighted by Crippen LogP contribution is -2.43. The number of aromatic nitrogens is 1. The molecule has 0 saturated heterocycles. The van der Waals surface area contributed by atoms with Gasteiger partial charge in [0.1, 0.15) is 40.9 Å². The predicted octanol–water partition coefficient (Wildman–Crippen LogP) is 5.35. The number of anilines is 1. The molecule has 3 aromatic carbocycles. The molecule has 2 aliphatic heterocycles. The summed E-state index contributed by atoms with van der Waals surface area (Å²) in [5, 5.41) is 39.7. The normalized spacial score (nSPS) is 28.2. The molecule has 61 heavy (non-hydrogen) atoms. The standard InChI is InChI=1S/C45H53N3O13/c1-21-11-10-12-22(2)44(55)48-37-39(53)34-33(36-42(37)60-32-19-27(57-18-16-46-8)13-14-28(32)47-36)35-41(25(5)38(34)52)61-45(7,43(35)54)58-17-15-31(56-9)24(4)40(59-26(6)49)23(3)30(51)20-29(21)50/h10-15,17,19,21,23-24,29-31,40,46,50-51,53H,16,18,20H2,1-9H3,(H,48,55)/b11-10+,17-15+,22-12-/t21-,23+,24+,29+,30+,31-,40-,45-/m0/s1. The number of Topliss-reactive ketones (excluding diaryl/α,β-unsaturated/α-hetero) is 1. The Labute approximate surface area is 352 Å². The fourth-order valence-corrected chi connectivity index (χ4v) is 7.70. The third-order valence-electron chi connectivity index (χ3n) is 11.5. The van der Waals surface area contributed by atoms with Crippen LogP contribution in [0.2, 0.25) is 0 Å². The third-order valence-corrected chi connectivity index (χ3v) is 11.5. The number of esters is 1. The molecule has 2 aliphatic rings. The molecule has 0 fully saturated rings. The summed E-state index contributed by atoms with van der Waals surface area (Å²) < 4.78 is 35.9. The highest BCUT2D eigenvalue weighted by Gasteiger charge is 2.49. The van der Waals surface area contributed by atoms with Crippen LogP contribution in [0.4, 0.5) is 5.69 Å². The average molecular weight is 844 g/mol. The summed E-state index contributed by atoms with van der Waals surface area (Å²) in [7, 11) is 3.23. The predicted molar refractivity (Wildman–Crippen MR) is 227 cm³/mol. The number of rotatable bonds is 6. The van der Waals surface area contributed by atoms with Gasteiger partial charge in [0, 0.05) is 74.3 Å². The number of phenolic OH excluding ortho intramolecular Hbond substituents is 1. The molecule has 3 heterocycles. The van der Waals surface area contributed by atoms with Crippen LogP contribution in [-0.2, 0) is 23.8 Å². The molecule has 0 saturated carbocycles. The first-order valence-corrected chi connectivity index (χ1v) is 20.1. The molecule has 0 aliphatic carbocycles. The van der Waals surface area contributed by atoms with Gasteiger partial charge in [-0.15, -0.1) is 0 Å². The first-order chi connectivity index (χ1) is 28.9. The van der Waals surface area contributed by atoms with Crippen molar-refractivity contribution in [2.45, 2.75) is 85.1 Å². The number of aliphatic hydroxyl groups is 2. The van der Waals surface area contributed by atoms with Crippen molar-refractivity contribution in [1.82, 2.24) is 10.3 Å². The Balaban J connectivity index is 1.58. The lowest BCUT2D eigenvalue weighted by molar-refractivity contribution is -0.158. The van der Waals surface area contributed by atoms with Crippen LogP contribution in [0.5, 0.6) is 17.2 Å². The minimum absolute atomic E-state index is 0.0108. The number of aromatic hydroxyl groups is 1. The lowest BCUT2D eigenvalue weighted by atomic mass is 9.83. The molecule has 0 unspecified atom stereocenters. The second-order valence-electron chi connectivity index (χ2n) is 15.8. The van der Waals surface area contributed by atoms with E-state index in [2.05, 4.69) is 10.6 Å². The van der Waals surface area contributed by atoms with Crippen molar-refractivity contribution < 1.29 is 57.8 Å². The molecule has 16 heteroatoms. The van der Waals surface area contributed by atoms with Crippen molar-refractivity contribution in [2.24, 2.45) is 17.8 Å². The van der Waals surface area contributed by atoms with E-state index in [-0.39, 0.29) is 62.0 Å². The molecule has 5 N–H and O–H groups in total. The number of phenols is 1. The van der Waals surface area contributed by atoms with Gasteiger partial charge < -0.3 is 54.1 Å². The van der Waals surface area contributed by atoms with Gasteiger partial charge in [0.05, 0.1) is 35.5 Å². The van der Waals surface area contributed by atoms with Crippen LogP contribution in [0.15, 0.2) is 63.6 Å². The zero-order valence-electron chi connectivity index (χ0n) is 35.7. The summed E-state index contributed by atoms with van der Waals surface area (Å²) in [5.41, 5.74) is -0.544. The number of hydrogen-bond donors (Lipinski definition) is 5. The average Bonchev–Trinajstić information content (AvgIpc) is 3.49. The Kier molecular flexibility index (Phi) is 13.2. The highest BCUT2D eigenvalue weighted by molar-refractivity contribution is 6.26. The van der Waals surface area contributed by atoms with E-state index in [9.17, 15) is 34.5 Å². The molecule has 5 bridgehead atoms. The molecule has 326 valence electrons. The Morgan fingerprint density at radius 2 is 1.80 bits per heavy atom. The third kappa shape index (κ3) is 8.71. The van der Waals surface area contributed by atoms with Gasteiger partial charge in [0.25, 0.3) is 11.7 Å². The molecule has 0 radical (unpaired) electrons. The van der Waals surface area contributed by atoms with Crippen molar-refractivity contribution in [3.05, 3.63) is 75.7 Å². The Morgan fingerprint density at radius 1 is 1.07 bits per heavy atom. The van der Waals surface area contributed by atoms with Crippen molar-refractivity contribution in [3.63, 3.8) is 0 Å². The summed E-state index contributed by atoms with van der Waals surface area (Å²) in [6, 6.07) is 4.93. The van der Waals surface area contributed by atoms with Crippen LogP contribution >= 0.6 is 0 Å². The van der Waals surface area contributed by atoms with Crippen molar-refractivity contribution in [1.29, 1.82) is 0 Å². The molecule has 0 spiro atoms. The van der Waals surface area contributed by atoms with E-state index in [0.29, 0.717) is 24.4 Å². The fourth-order valence-electron chi connectivity index (χ4n) is 7.70. The van der Waals surface area contributed by atoms with Crippen molar-refractivity contribution in [2.75, 3.05) is 32.6 Å². The number of fused-ring (bicyclic) bond motifs is 5. The lowest BCUT2D eigenvalue weighted by Gasteiger charge is -2.35. The molecular formula is C45H53N3O13. The van der Waals surface area contributed by atoms with Gasteiger partial charge in [-0.1, -0.05) is 39.0 Å². The Bertz CT molecular complexity index is 2530. The van der Waals surface area contributed by atoms with E-state index in [1.54, 1.807) is 58.2 Å². The molecule has 1 aromatic heterocycles. The number of benzene rings is 3. The largest absolute Gasteiger partial charge is 0.505 e. The number of likely N-dealkylation sites (N-methyl/N-ethyl adjacent to an activating group) is 1. The second-order valence-corrected chi connectivity index (χ2v) is 15.8. The quantitative estimate of drug-likeness (QED) is 0.0542. The molecule has 16 nitrogen and oxygen atoms in total. The minimum atomic E-state index is -2.04. The molecular weight excluding hydrogens is 791 g/mol. The van der Waals surface area contributed by atoms with E-state index in [4.69, 9.17) is 33.1 Å². The van der Waals surface area contributed by atoms with Crippen LogP contribution in [0, 0.1) is 24.7 Å². The first kappa shape index (κ1) is 44.7. The maximum absolute atomic E-state index is 14.6. The fraction of sp³-hybridized carbons (Fsp3) is 0.444. The van der Waals surface area contributed by atoms with E-state index in [0.717, 1.165) is 0 Å². The van der Waals surface area contributed by atoms with Crippen LogP contribution in [0.1, 0.15) is 63.9 Å². The van der Waals surface area contributed by atoms with Gasteiger partial charge in [0.15, 0.2) is 22.3 Å². The Morgan fingerprint density at radius 3 is 2.49 bits per heavy atom. The highest BCUT2D eigenvalue weighted by Crippen LogP contribution is 2.48. The van der Waals surface area contributed by atoms with Crippen LogP contribution in [0.25, 0.3) is 33.0 Å². The number of nitrogens with zero attached hydrogens (tertiary/aromatic N) is 1. The van der Waals surface area contributed by atoms with Crippen molar-refractivity contribution >= 4 is 56.3 Å². The summed E-state index contributed by atoms with van der Waals surface area (Å²) in [4.78, 5) is 59.9. The van der Waals surface area contributed by atoms with Gasteiger partial charge in [-0.05, 0) is 39.1 Å². The number of nitrogens with one attached hydrogen (secondary N) is 2. The molecule has 1 amide bonds. The van der Waals surface area contributed by atoms with Crippen molar-refractivity contribution in [3.8, 4) is 17.2 Å². The number of carbonyl (C=O) groups is 3. The number of ether oxygens (including phenoxy) is 5. The van der Waals surface area contributed by atoms with E-state index in [1.807, 2.05) is 0 Å². The number of hydrogen-bond acceptors (Lipinski definition) is 15. The van der Waals surface area contributed by atoms with Gasteiger partial charge in [-0.3, -0.25) is 19.2 Å². The monoisotopic (exact) mass is 843 g/mol. The summed E-state index contributed by atoms with van der Waals surface area (Å²) in [6.07, 6.45) is 3.58. The number of carbonyl (C=O) groups excluding carboxylic acids is 3. The topological polar surface area (TPSA) is 225 Å². The highest BCUT2D eigenvalue weighted by atomic mass is 16.7.